The second-order valence-corrected chi connectivity index (χ2v) is 4.65. The fourth-order valence-corrected chi connectivity index (χ4v) is 1.65. The van der Waals surface area contributed by atoms with Gasteiger partial charge in [-0.05, 0) is 25.0 Å². The van der Waals surface area contributed by atoms with Crippen molar-refractivity contribution in [1.29, 1.82) is 0 Å². The van der Waals surface area contributed by atoms with E-state index in [-0.39, 0.29) is 24.5 Å². The Morgan fingerprint density at radius 2 is 1.76 bits per heavy atom. The van der Waals surface area contributed by atoms with Gasteiger partial charge in [0, 0.05) is 6.92 Å². The number of hydrogen-bond donors (Lipinski definition) is 0. The SMILES string of the molecule is CC(=O)Oc1ccccc1C(=O)OCC(=O)OCCCCO[N+](=O)[O-]. The van der Waals surface area contributed by atoms with E-state index in [1.165, 1.54) is 19.1 Å². The molecule has 10 nitrogen and oxygen atoms in total. The number of benzene rings is 1. The number of esters is 3. The Labute approximate surface area is 142 Å². The van der Waals surface area contributed by atoms with E-state index < -0.39 is 29.6 Å². The van der Waals surface area contributed by atoms with Crippen LogP contribution in [0.25, 0.3) is 0 Å². The summed E-state index contributed by atoms with van der Waals surface area (Å²) in [7, 11) is 0. The predicted octanol–water partition coefficient (Wildman–Crippen LogP) is 1.30. The second kappa shape index (κ2) is 10.6. The molecule has 1 rings (SSSR count). The van der Waals surface area contributed by atoms with Gasteiger partial charge in [-0.2, -0.15) is 0 Å². The Morgan fingerprint density at radius 3 is 2.44 bits per heavy atom. The van der Waals surface area contributed by atoms with Crippen LogP contribution in [-0.4, -0.2) is 42.8 Å². The molecular formula is C15H17NO9. The number of carbonyl (C=O) groups is 3. The number of ether oxygens (including phenoxy) is 3. The minimum absolute atomic E-state index is 0.00225. The largest absolute Gasteiger partial charge is 0.463 e. The van der Waals surface area contributed by atoms with E-state index in [2.05, 4.69) is 4.84 Å². The van der Waals surface area contributed by atoms with Crippen LogP contribution in [0.15, 0.2) is 24.3 Å². The Morgan fingerprint density at radius 1 is 1.08 bits per heavy atom. The molecule has 136 valence electrons. The van der Waals surface area contributed by atoms with Crippen LogP contribution in [0, 0.1) is 10.1 Å². The molecule has 0 spiro atoms. The molecule has 0 unspecified atom stereocenters. The van der Waals surface area contributed by atoms with E-state index in [0.29, 0.717) is 12.8 Å². The molecule has 0 aromatic heterocycles. The smallest absolute Gasteiger partial charge is 0.344 e. The molecule has 0 aliphatic rings. The highest BCUT2D eigenvalue weighted by molar-refractivity contribution is 5.94. The van der Waals surface area contributed by atoms with Gasteiger partial charge in [0.25, 0.3) is 5.09 Å². The molecule has 0 saturated heterocycles. The first kappa shape index (κ1) is 19.9. The monoisotopic (exact) mass is 355 g/mol. The Balaban J connectivity index is 2.33. The first-order valence-electron chi connectivity index (χ1n) is 7.27. The van der Waals surface area contributed by atoms with Crippen LogP contribution in [0.4, 0.5) is 0 Å². The van der Waals surface area contributed by atoms with Crippen LogP contribution in [0.1, 0.15) is 30.1 Å². The van der Waals surface area contributed by atoms with Crippen LogP contribution < -0.4 is 4.74 Å². The molecule has 1 aromatic rings. The van der Waals surface area contributed by atoms with E-state index in [1.807, 2.05) is 0 Å². The minimum Gasteiger partial charge on any atom is -0.463 e. The molecule has 0 fully saturated rings. The summed E-state index contributed by atoms with van der Waals surface area (Å²) in [6, 6.07) is 5.94. The highest BCUT2D eigenvalue weighted by Gasteiger charge is 2.16. The number of hydrogen-bond acceptors (Lipinski definition) is 9. The van der Waals surface area contributed by atoms with Crippen molar-refractivity contribution in [2.45, 2.75) is 19.8 Å². The fourth-order valence-electron chi connectivity index (χ4n) is 1.65. The maximum Gasteiger partial charge on any atom is 0.344 e. The maximum atomic E-state index is 11.9. The maximum absolute atomic E-state index is 11.9. The zero-order chi connectivity index (χ0) is 18.7. The van der Waals surface area contributed by atoms with E-state index in [9.17, 15) is 24.5 Å². The summed E-state index contributed by atoms with van der Waals surface area (Å²) >= 11 is 0. The quantitative estimate of drug-likeness (QED) is 0.200. The van der Waals surface area contributed by atoms with Crippen LogP contribution >= 0.6 is 0 Å². The molecule has 10 heteroatoms. The van der Waals surface area contributed by atoms with Gasteiger partial charge in [0.15, 0.2) is 6.61 Å². The molecule has 25 heavy (non-hydrogen) atoms. The van der Waals surface area contributed by atoms with Crippen molar-refractivity contribution < 1.29 is 38.5 Å². The topological polar surface area (TPSA) is 131 Å². The molecule has 0 bridgehead atoms. The van der Waals surface area contributed by atoms with Crippen molar-refractivity contribution in [3.05, 3.63) is 39.9 Å². The molecule has 0 atom stereocenters. The van der Waals surface area contributed by atoms with E-state index in [1.54, 1.807) is 12.1 Å². The third-order valence-electron chi connectivity index (χ3n) is 2.68. The zero-order valence-electron chi connectivity index (χ0n) is 13.5. The van der Waals surface area contributed by atoms with Crippen molar-refractivity contribution in [3.8, 4) is 5.75 Å². The standard InChI is InChI=1S/C15H17NO9/c1-11(17)25-13-7-3-2-6-12(13)15(19)23-10-14(18)22-8-4-5-9-24-16(20)21/h2-3,6-7H,4-5,8-10H2,1H3. The van der Waals surface area contributed by atoms with Gasteiger partial charge >= 0.3 is 17.9 Å². The minimum atomic E-state index is -0.904. The first-order valence-corrected chi connectivity index (χ1v) is 7.27. The highest BCUT2D eigenvalue weighted by Crippen LogP contribution is 2.19. The Bertz CT molecular complexity index is 629. The van der Waals surface area contributed by atoms with Crippen molar-refractivity contribution in [1.82, 2.24) is 0 Å². The summed E-state index contributed by atoms with van der Waals surface area (Å²) in [4.78, 5) is 48.4. The third kappa shape index (κ3) is 8.30. The summed E-state index contributed by atoms with van der Waals surface area (Å²) in [5.41, 5.74) is 0.00225. The molecular weight excluding hydrogens is 338 g/mol. The van der Waals surface area contributed by atoms with Gasteiger partial charge in [0.2, 0.25) is 0 Å². The molecule has 0 heterocycles. The van der Waals surface area contributed by atoms with E-state index >= 15 is 0 Å². The number of rotatable bonds is 10. The van der Waals surface area contributed by atoms with Gasteiger partial charge in [0.05, 0.1) is 13.2 Å². The van der Waals surface area contributed by atoms with Crippen molar-refractivity contribution in [2.75, 3.05) is 19.8 Å². The molecule has 0 saturated carbocycles. The molecule has 0 aliphatic heterocycles. The number of para-hydroxylation sites is 1. The number of carbonyl (C=O) groups excluding carboxylic acids is 3. The van der Waals surface area contributed by atoms with Crippen molar-refractivity contribution >= 4 is 17.9 Å². The van der Waals surface area contributed by atoms with E-state index in [0.717, 1.165) is 0 Å². The molecule has 1 aromatic carbocycles. The molecule has 0 N–H and O–H groups in total. The van der Waals surface area contributed by atoms with Gasteiger partial charge in [-0.3, -0.25) is 4.79 Å². The van der Waals surface area contributed by atoms with Crippen LogP contribution in [0.5, 0.6) is 5.75 Å². The van der Waals surface area contributed by atoms with Crippen molar-refractivity contribution in [3.63, 3.8) is 0 Å². The molecule has 0 amide bonds. The lowest BCUT2D eigenvalue weighted by Crippen LogP contribution is -2.18. The van der Waals surface area contributed by atoms with Gasteiger partial charge < -0.3 is 19.0 Å². The number of nitrogens with zero attached hydrogens (tertiary/aromatic N) is 1. The second-order valence-electron chi connectivity index (χ2n) is 4.65. The Kier molecular flexibility index (Phi) is 8.41. The fraction of sp³-hybridized carbons (Fsp3) is 0.400. The third-order valence-corrected chi connectivity index (χ3v) is 2.68. The van der Waals surface area contributed by atoms with Crippen LogP contribution in [0.3, 0.4) is 0 Å². The summed E-state index contributed by atoms with van der Waals surface area (Å²) in [6.07, 6.45) is 0.701. The number of unbranched alkanes of at least 4 members (excludes halogenated alkanes) is 1. The summed E-state index contributed by atoms with van der Waals surface area (Å²) < 4.78 is 14.5. The van der Waals surface area contributed by atoms with Crippen LogP contribution in [-0.2, 0) is 23.9 Å². The predicted molar refractivity (Wildman–Crippen MR) is 81.2 cm³/mol. The highest BCUT2D eigenvalue weighted by atomic mass is 16.9. The van der Waals surface area contributed by atoms with Gasteiger partial charge in [0.1, 0.15) is 11.3 Å². The summed E-state index contributed by atoms with van der Waals surface area (Å²) in [5.74, 6) is -2.18. The Hall–Kier alpha value is -3.17. The van der Waals surface area contributed by atoms with Gasteiger partial charge in [-0.15, -0.1) is 10.1 Å². The lowest BCUT2D eigenvalue weighted by molar-refractivity contribution is -0.757. The average molecular weight is 355 g/mol. The lowest BCUT2D eigenvalue weighted by Gasteiger charge is -2.09. The average Bonchev–Trinajstić information content (AvgIpc) is 2.55. The molecule has 0 aliphatic carbocycles. The zero-order valence-corrected chi connectivity index (χ0v) is 13.5. The van der Waals surface area contributed by atoms with E-state index in [4.69, 9.17) is 14.2 Å². The summed E-state index contributed by atoms with van der Waals surface area (Å²) in [6.45, 7) is 0.503. The molecule has 0 radical (unpaired) electrons. The summed E-state index contributed by atoms with van der Waals surface area (Å²) in [5, 5.41) is 9.01. The van der Waals surface area contributed by atoms with Gasteiger partial charge in [-0.1, -0.05) is 12.1 Å². The van der Waals surface area contributed by atoms with Crippen molar-refractivity contribution in [2.24, 2.45) is 0 Å². The van der Waals surface area contributed by atoms with Gasteiger partial charge in [-0.25, -0.2) is 9.59 Å². The normalized spacial score (nSPS) is 9.80. The van der Waals surface area contributed by atoms with Crippen LogP contribution in [0.2, 0.25) is 0 Å². The lowest BCUT2D eigenvalue weighted by atomic mass is 10.2. The first-order chi connectivity index (χ1) is 11.9.